The summed E-state index contributed by atoms with van der Waals surface area (Å²) in [7, 11) is 1.84. The number of nitrogens with one attached hydrogen (secondary N) is 1. The van der Waals surface area contributed by atoms with Gasteiger partial charge in [-0.2, -0.15) is 0 Å². The normalized spacial score (nSPS) is 11.6. The van der Waals surface area contributed by atoms with Crippen LogP contribution in [0.5, 0.6) is 0 Å². The summed E-state index contributed by atoms with van der Waals surface area (Å²) in [5, 5.41) is 29.5. The summed E-state index contributed by atoms with van der Waals surface area (Å²) < 4.78 is 0. The molecule has 0 spiro atoms. The first-order valence-electron chi connectivity index (χ1n) is 9.33. The Bertz CT molecular complexity index is 820. The Balaban J connectivity index is 0.000000229. The molecule has 0 aliphatic carbocycles. The van der Waals surface area contributed by atoms with Crippen LogP contribution in [-0.2, 0) is 0 Å². The zero-order chi connectivity index (χ0) is 22.4. The maximum Gasteiger partial charge on any atom is 0.335 e. The van der Waals surface area contributed by atoms with E-state index < -0.39 is 18.0 Å². The topological polar surface area (TPSA) is 107 Å². The Hall–Kier alpha value is -3.48. The fourth-order valence-electron chi connectivity index (χ4n) is 2.26. The van der Waals surface area contributed by atoms with Gasteiger partial charge in [-0.25, -0.2) is 9.59 Å². The van der Waals surface area contributed by atoms with Crippen LogP contribution >= 0.6 is 0 Å². The van der Waals surface area contributed by atoms with Crippen LogP contribution < -0.4 is 5.32 Å². The number of carbonyl (C=O) groups is 2. The highest BCUT2D eigenvalue weighted by molar-refractivity contribution is 5.87. The number of carboxylic acids is 2. The van der Waals surface area contributed by atoms with Gasteiger partial charge in [0.25, 0.3) is 0 Å². The number of hydrogen-bond donors (Lipinski definition) is 4. The third-order valence-electron chi connectivity index (χ3n) is 4.11. The number of carboxylic acid groups (broad SMARTS) is 2. The number of likely N-dealkylation sites (N-methyl/N-ethyl adjacent to an activating group) is 1. The summed E-state index contributed by atoms with van der Waals surface area (Å²) >= 11 is 0. The zero-order valence-corrected chi connectivity index (χ0v) is 17.0. The molecule has 4 N–H and O–H groups in total. The molecule has 3 rings (SSSR count). The first kappa shape index (κ1) is 24.6. The summed E-state index contributed by atoms with van der Waals surface area (Å²) in [4.78, 5) is 20.4. The first-order valence-corrected chi connectivity index (χ1v) is 9.33. The molecular weight excluding hydrogens is 382 g/mol. The van der Waals surface area contributed by atoms with Crippen molar-refractivity contribution >= 4 is 11.9 Å². The first-order chi connectivity index (χ1) is 14.4. The molecule has 0 radical (unpaired) electrons. The van der Waals surface area contributed by atoms with E-state index in [1.165, 1.54) is 0 Å². The lowest BCUT2D eigenvalue weighted by atomic mass is 10.0. The van der Waals surface area contributed by atoms with E-state index in [1.807, 2.05) is 44.3 Å². The van der Waals surface area contributed by atoms with Crippen LogP contribution in [0, 0.1) is 0 Å². The van der Waals surface area contributed by atoms with E-state index in [0.29, 0.717) is 11.1 Å². The van der Waals surface area contributed by atoms with Crippen molar-refractivity contribution in [2.24, 2.45) is 0 Å². The lowest BCUT2D eigenvalue weighted by molar-refractivity contribution is 0.0686. The van der Waals surface area contributed by atoms with Gasteiger partial charge < -0.3 is 20.6 Å². The molecule has 0 unspecified atom stereocenters. The molecule has 2 atom stereocenters. The fourth-order valence-corrected chi connectivity index (χ4v) is 2.26. The van der Waals surface area contributed by atoms with Gasteiger partial charge in [0.05, 0.1) is 17.2 Å². The Labute approximate surface area is 176 Å². The van der Waals surface area contributed by atoms with Crippen molar-refractivity contribution < 1.29 is 24.9 Å². The number of hydrogen-bond acceptors (Lipinski definition) is 4. The Morgan fingerprint density at radius 3 is 1.30 bits per heavy atom. The van der Waals surface area contributed by atoms with Gasteiger partial charge in [-0.15, -0.1) is 0 Å². The molecule has 0 heterocycles. The third kappa shape index (κ3) is 9.14. The summed E-state index contributed by atoms with van der Waals surface area (Å²) in [6.45, 7) is 1.96. The van der Waals surface area contributed by atoms with Crippen molar-refractivity contribution in [1.29, 1.82) is 0 Å². The Kier molecular flexibility index (Phi) is 11.2. The molecule has 0 aliphatic rings. The number of benzene rings is 3. The lowest BCUT2D eigenvalue weighted by Crippen LogP contribution is -2.28. The van der Waals surface area contributed by atoms with Crippen LogP contribution in [-0.4, -0.2) is 40.3 Å². The quantitative estimate of drug-likeness (QED) is 0.505. The maximum absolute atomic E-state index is 10.2. The molecule has 30 heavy (non-hydrogen) atoms. The van der Waals surface area contributed by atoms with Crippen LogP contribution in [0.4, 0.5) is 0 Å². The van der Waals surface area contributed by atoms with E-state index in [1.54, 1.807) is 60.7 Å². The Morgan fingerprint density at radius 1 is 0.700 bits per heavy atom. The molecule has 0 aliphatic heterocycles. The van der Waals surface area contributed by atoms with Gasteiger partial charge in [0.15, 0.2) is 0 Å². The SMILES string of the molecule is CN[C@H](C)[C@H](O)c1ccccc1.O=C(O)c1ccccc1.O=C(O)c1ccccc1. The van der Waals surface area contributed by atoms with E-state index >= 15 is 0 Å². The number of rotatable bonds is 5. The number of aliphatic hydroxyl groups excluding tert-OH is 1. The summed E-state index contributed by atoms with van der Waals surface area (Å²) in [6, 6.07) is 26.3. The summed E-state index contributed by atoms with van der Waals surface area (Å²) in [5.41, 5.74) is 1.62. The molecule has 6 heteroatoms. The van der Waals surface area contributed by atoms with E-state index in [9.17, 15) is 14.7 Å². The van der Waals surface area contributed by atoms with E-state index in [-0.39, 0.29) is 6.04 Å². The van der Waals surface area contributed by atoms with Gasteiger partial charge in [-0.1, -0.05) is 66.7 Å². The molecule has 6 nitrogen and oxygen atoms in total. The average Bonchev–Trinajstić information content (AvgIpc) is 2.80. The highest BCUT2D eigenvalue weighted by Gasteiger charge is 2.12. The van der Waals surface area contributed by atoms with Crippen LogP contribution in [0.15, 0.2) is 91.0 Å². The molecule has 0 saturated carbocycles. The number of aromatic carboxylic acids is 2. The minimum Gasteiger partial charge on any atom is -0.478 e. The van der Waals surface area contributed by atoms with Gasteiger partial charge in [0.2, 0.25) is 0 Å². The van der Waals surface area contributed by atoms with Crippen molar-refractivity contribution in [3.05, 3.63) is 108 Å². The van der Waals surface area contributed by atoms with Crippen molar-refractivity contribution in [1.82, 2.24) is 5.32 Å². The monoisotopic (exact) mass is 409 g/mol. The van der Waals surface area contributed by atoms with Crippen LogP contribution in [0.1, 0.15) is 39.3 Å². The highest BCUT2D eigenvalue weighted by Crippen LogP contribution is 2.15. The molecule has 0 bridgehead atoms. The van der Waals surface area contributed by atoms with E-state index in [0.717, 1.165) is 5.56 Å². The second-order valence-corrected chi connectivity index (χ2v) is 6.28. The second-order valence-electron chi connectivity index (χ2n) is 6.28. The van der Waals surface area contributed by atoms with Gasteiger partial charge in [0.1, 0.15) is 0 Å². The van der Waals surface area contributed by atoms with Crippen molar-refractivity contribution in [2.45, 2.75) is 19.1 Å². The lowest BCUT2D eigenvalue weighted by Gasteiger charge is -2.17. The van der Waals surface area contributed by atoms with Gasteiger partial charge >= 0.3 is 11.9 Å². The third-order valence-corrected chi connectivity index (χ3v) is 4.11. The Morgan fingerprint density at radius 2 is 1.03 bits per heavy atom. The maximum atomic E-state index is 10.2. The van der Waals surface area contributed by atoms with Crippen molar-refractivity contribution in [2.75, 3.05) is 7.05 Å². The van der Waals surface area contributed by atoms with Crippen molar-refractivity contribution in [3.8, 4) is 0 Å². The molecule has 0 amide bonds. The van der Waals surface area contributed by atoms with E-state index in [2.05, 4.69) is 5.32 Å². The molecule has 0 fully saturated rings. The predicted molar refractivity (Wildman–Crippen MR) is 117 cm³/mol. The summed E-state index contributed by atoms with van der Waals surface area (Å²) in [6.07, 6.45) is -0.420. The molecular formula is C24H27NO5. The standard InChI is InChI=1S/C10H15NO.2C7H6O2/c1-8(11-2)10(12)9-6-4-3-5-7-9;2*8-7(9)6-4-2-1-3-5-6/h3-8,10-12H,1-2H3;2*1-5H,(H,8,9)/t8-,10+;;/m1../s1. The largest absolute Gasteiger partial charge is 0.478 e. The molecule has 158 valence electrons. The number of aliphatic hydroxyl groups is 1. The zero-order valence-electron chi connectivity index (χ0n) is 17.0. The van der Waals surface area contributed by atoms with Crippen molar-refractivity contribution in [3.63, 3.8) is 0 Å². The predicted octanol–water partition coefficient (Wildman–Crippen LogP) is 4.10. The molecule has 3 aromatic carbocycles. The molecule has 3 aromatic rings. The minimum absolute atomic E-state index is 0.0902. The highest BCUT2D eigenvalue weighted by atomic mass is 16.4. The second kappa shape index (κ2) is 13.7. The smallest absolute Gasteiger partial charge is 0.335 e. The summed E-state index contributed by atoms with van der Waals surface area (Å²) in [5.74, 6) is -1.76. The molecule has 0 saturated heterocycles. The van der Waals surface area contributed by atoms with Gasteiger partial charge in [-0.3, -0.25) is 0 Å². The minimum atomic E-state index is -0.879. The van der Waals surface area contributed by atoms with Gasteiger partial charge in [-0.05, 0) is 43.8 Å². The molecule has 0 aromatic heterocycles. The van der Waals surface area contributed by atoms with Crippen LogP contribution in [0.2, 0.25) is 0 Å². The van der Waals surface area contributed by atoms with Crippen LogP contribution in [0.3, 0.4) is 0 Å². The van der Waals surface area contributed by atoms with Crippen LogP contribution in [0.25, 0.3) is 0 Å². The van der Waals surface area contributed by atoms with E-state index in [4.69, 9.17) is 10.2 Å². The fraction of sp³-hybridized carbons (Fsp3) is 0.167. The average molecular weight is 409 g/mol. The van der Waals surface area contributed by atoms with Gasteiger partial charge in [0, 0.05) is 6.04 Å².